The summed E-state index contributed by atoms with van der Waals surface area (Å²) in [5.41, 5.74) is 0.952. The Morgan fingerprint density at radius 3 is 3.00 bits per heavy atom. The fourth-order valence-electron chi connectivity index (χ4n) is 1.94. The van der Waals surface area contributed by atoms with Crippen LogP contribution in [0.2, 0.25) is 0 Å². The fourth-order valence-corrected chi connectivity index (χ4v) is 3.75. The summed E-state index contributed by atoms with van der Waals surface area (Å²) in [6.07, 6.45) is 0. The zero-order valence-electron chi connectivity index (χ0n) is 10.7. The lowest BCUT2D eigenvalue weighted by Crippen LogP contribution is -2.37. The highest BCUT2D eigenvalue weighted by Gasteiger charge is 2.22. The molecule has 2 heterocycles. The number of hydrogen-bond acceptors (Lipinski definition) is 5. The minimum absolute atomic E-state index is 0.0325. The van der Waals surface area contributed by atoms with Crippen molar-refractivity contribution in [3.05, 3.63) is 29.3 Å². The van der Waals surface area contributed by atoms with Crippen molar-refractivity contribution < 1.29 is 9.59 Å². The number of para-hydroxylation sites is 1. The van der Waals surface area contributed by atoms with Crippen molar-refractivity contribution in [3.63, 3.8) is 0 Å². The van der Waals surface area contributed by atoms with Crippen LogP contribution in [-0.4, -0.2) is 39.9 Å². The molecule has 20 heavy (non-hydrogen) atoms. The molecule has 7 heteroatoms. The highest BCUT2D eigenvalue weighted by Crippen LogP contribution is 2.21. The van der Waals surface area contributed by atoms with E-state index in [1.807, 2.05) is 24.3 Å². The maximum absolute atomic E-state index is 11.8. The number of benzene rings is 1. The van der Waals surface area contributed by atoms with E-state index in [9.17, 15) is 9.59 Å². The molecule has 0 spiro atoms. The van der Waals surface area contributed by atoms with Gasteiger partial charge >= 0.3 is 0 Å². The molecule has 0 radical (unpaired) electrons. The lowest BCUT2D eigenvalue weighted by Gasteiger charge is -2.13. The molecular weight excluding hydrogens is 294 g/mol. The summed E-state index contributed by atoms with van der Waals surface area (Å²) in [7, 11) is 0. The summed E-state index contributed by atoms with van der Waals surface area (Å²) in [5, 5.41) is 3.69. The van der Waals surface area contributed by atoms with Gasteiger partial charge in [-0.3, -0.25) is 9.59 Å². The number of nitrogens with zero attached hydrogens (tertiary/aromatic N) is 2. The topological polar surface area (TPSA) is 62.3 Å². The molecule has 3 rings (SSSR count). The monoisotopic (exact) mass is 307 g/mol. The number of aromatic nitrogens is 1. The average molecular weight is 307 g/mol. The van der Waals surface area contributed by atoms with Crippen LogP contribution >= 0.6 is 23.1 Å². The van der Waals surface area contributed by atoms with Gasteiger partial charge in [-0.2, -0.15) is 0 Å². The van der Waals surface area contributed by atoms with Crippen LogP contribution in [-0.2, 0) is 16.1 Å². The zero-order valence-corrected chi connectivity index (χ0v) is 12.3. The summed E-state index contributed by atoms with van der Waals surface area (Å²) < 4.78 is 1.11. The predicted octanol–water partition coefficient (Wildman–Crippen LogP) is 1.45. The lowest BCUT2D eigenvalue weighted by molar-refractivity contribution is -0.132. The van der Waals surface area contributed by atoms with E-state index in [1.165, 1.54) is 11.8 Å². The zero-order chi connectivity index (χ0) is 13.9. The average Bonchev–Trinajstić information content (AvgIpc) is 3.03. The van der Waals surface area contributed by atoms with Gasteiger partial charge in [0, 0.05) is 0 Å². The maximum Gasteiger partial charge on any atom is 0.240 e. The van der Waals surface area contributed by atoms with Crippen molar-refractivity contribution in [2.75, 3.05) is 18.2 Å². The Labute approximate surface area is 124 Å². The molecule has 2 amide bonds. The van der Waals surface area contributed by atoms with Gasteiger partial charge in [-0.1, -0.05) is 12.1 Å². The first-order valence-electron chi connectivity index (χ1n) is 6.19. The quantitative estimate of drug-likeness (QED) is 0.928. The van der Waals surface area contributed by atoms with Gasteiger partial charge in [0.2, 0.25) is 11.8 Å². The number of thiazole rings is 1. The number of carbonyl (C=O) groups excluding carboxylic acids is 2. The second-order valence-corrected chi connectivity index (χ2v) is 6.49. The molecule has 0 atom stereocenters. The third kappa shape index (κ3) is 2.94. The molecule has 104 valence electrons. The van der Waals surface area contributed by atoms with Crippen LogP contribution in [0.15, 0.2) is 24.3 Å². The van der Waals surface area contributed by atoms with E-state index in [0.29, 0.717) is 18.2 Å². The molecule has 1 fully saturated rings. The standard InChI is InChI=1S/C13H13N3O2S2/c17-11(6-16-8-19-7-13(16)18)14-5-12-15-9-3-1-2-4-10(9)20-12/h1-4H,5-8H2,(H,14,17). The van der Waals surface area contributed by atoms with E-state index in [-0.39, 0.29) is 18.4 Å². The Bertz CT molecular complexity index is 623. The Morgan fingerprint density at radius 1 is 1.40 bits per heavy atom. The van der Waals surface area contributed by atoms with Crippen LogP contribution in [0, 0.1) is 0 Å². The number of rotatable bonds is 4. The Hall–Kier alpha value is -1.60. The second kappa shape index (κ2) is 5.80. The van der Waals surface area contributed by atoms with Gasteiger partial charge in [-0.25, -0.2) is 4.98 Å². The van der Waals surface area contributed by atoms with Gasteiger partial charge < -0.3 is 10.2 Å². The van der Waals surface area contributed by atoms with Crippen molar-refractivity contribution in [1.82, 2.24) is 15.2 Å². The van der Waals surface area contributed by atoms with Crippen molar-refractivity contribution >= 4 is 45.1 Å². The first kappa shape index (κ1) is 13.4. The van der Waals surface area contributed by atoms with Crippen LogP contribution in [0.25, 0.3) is 10.2 Å². The molecule has 5 nitrogen and oxygen atoms in total. The summed E-state index contributed by atoms with van der Waals surface area (Å²) in [6.45, 7) is 0.546. The van der Waals surface area contributed by atoms with Crippen molar-refractivity contribution in [2.45, 2.75) is 6.54 Å². The van der Waals surface area contributed by atoms with Gasteiger partial charge in [-0.15, -0.1) is 23.1 Å². The van der Waals surface area contributed by atoms with Crippen LogP contribution in [0.1, 0.15) is 5.01 Å². The number of nitrogens with one attached hydrogen (secondary N) is 1. The smallest absolute Gasteiger partial charge is 0.240 e. The molecule has 1 saturated heterocycles. The van der Waals surface area contributed by atoms with Crippen LogP contribution in [0.5, 0.6) is 0 Å². The third-order valence-corrected chi connectivity index (χ3v) is 4.92. The normalized spacial score (nSPS) is 15.0. The van der Waals surface area contributed by atoms with E-state index in [0.717, 1.165) is 15.2 Å². The molecule has 0 aliphatic carbocycles. The van der Waals surface area contributed by atoms with Gasteiger partial charge in [0.25, 0.3) is 0 Å². The van der Waals surface area contributed by atoms with E-state index < -0.39 is 0 Å². The fraction of sp³-hybridized carbons (Fsp3) is 0.308. The molecule has 1 aromatic carbocycles. The van der Waals surface area contributed by atoms with Crippen LogP contribution < -0.4 is 5.32 Å². The van der Waals surface area contributed by atoms with Gasteiger partial charge in [0.1, 0.15) is 11.6 Å². The Balaban J connectivity index is 1.56. The van der Waals surface area contributed by atoms with E-state index >= 15 is 0 Å². The van der Waals surface area contributed by atoms with Gasteiger partial charge in [0.05, 0.1) is 28.4 Å². The van der Waals surface area contributed by atoms with Crippen molar-refractivity contribution in [1.29, 1.82) is 0 Å². The van der Waals surface area contributed by atoms with E-state index in [1.54, 1.807) is 16.2 Å². The highest BCUT2D eigenvalue weighted by molar-refractivity contribution is 8.00. The number of thioether (sulfide) groups is 1. The number of amides is 2. The SMILES string of the molecule is O=C(CN1CSCC1=O)NCc1nc2ccccc2s1. The van der Waals surface area contributed by atoms with Gasteiger partial charge in [-0.05, 0) is 12.1 Å². The third-order valence-electron chi connectivity index (χ3n) is 2.93. The first-order valence-corrected chi connectivity index (χ1v) is 8.16. The Kier molecular flexibility index (Phi) is 3.88. The van der Waals surface area contributed by atoms with E-state index in [2.05, 4.69) is 10.3 Å². The van der Waals surface area contributed by atoms with Gasteiger partial charge in [0.15, 0.2) is 0 Å². The van der Waals surface area contributed by atoms with Crippen LogP contribution in [0.4, 0.5) is 0 Å². The lowest BCUT2D eigenvalue weighted by atomic mass is 10.3. The molecule has 0 unspecified atom stereocenters. The summed E-state index contributed by atoms with van der Waals surface area (Å²) in [4.78, 5) is 29.2. The highest BCUT2D eigenvalue weighted by atomic mass is 32.2. The number of hydrogen-bond donors (Lipinski definition) is 1. The minimum atomic E-state index is -0.139. The summed E-state index contributed by atoms with van der Waals surface area (Å²) in [6, 6.07) is 7.89. The minimum Gasteiger partial charge on any atom is -0.348 e. The Morgan fingerprint density at radius 2 is 2.25 bits per heavy atom. The summed E-state index contributed by atoms with van der Waals surface area (Å²) in [5.74, 6) is 0.976. The molecule has 2 aromatic rings. The molecule has 1 N–H and O–H groups in total. The predicted molar refractivity (Wildman–Crippen MR) is 80.5 cm³/mol. The van der Waals surface area contributed by atoms with Crippen LogP contribution in [0.3, 0.4) is 0 Å². The molecule has 1 aromatic heterocycles. The molecule has 0 bridgehead atoms. The van der Waals surface area contributed by atoms with Crippen molar-refractivity contribution in [3.8, 4) is 0 Å². The van der Waals surface area contributed by atoms with Crippen molar-refractivity contribution in [2.24, 2.45) is 0 Å². The maximum atomic E-state index is 11.8. The number of fused-ring (bicyclic) bond motifs is 1. The van der Waals surface area contributed by atoms with E-state index in [4.69, 9.17) is 0 Å². The summed E-state index contributed by atoms with van der Waals surface area (Å²) >= 11 is 3.11. The molecule has 1 aliphatic rings. The molecule has 1 aliphatic heterocycles. The first-order chi connectivity index (χ1) is 9.72. The molecular formula is C13H13N3O2S2. The molecule has 0 saturated carbocycles. The second-order valence-electron chi connectivity index (χ2n) is 4.42. The largest absolute Gasteiger partial charge is 0.348 e. The number of carbonyl (C=O) groups is 2.